The van der Waals surface area contributed by atoms with Gasteiger partial charge in [-0.3, -0.25) is 0 Å². The molecular formula is CH4CaClKMgO4. The predicted octanol–water partition coefficient (Wildman–Crippen LogP) is -4.26. The Morgan fingerprint density at radius 2 is 1.33 bits per heavy atom. The van der Waals surface area contributed by atoms with Gasteiger partial charge in [0.15, 0.2) is 0 Å². The van der Waals surface area contributed by atoms with Crippen molar-refractivity contribution < 1.29 is 20.5 Å². The van der Waals surface area contributed by atoms with Crippen molar-refractivity contribution in [3.63, 3.8) is 0 Å². The van der Waals surface area contributed by atoms with Gasteiger partial charge in [-0.2, -0.15) is 0 Å². The minimum absolute atomic E-state index is 0. The molecule has 0 unspecified atom stereocenters. The molecule has 0 aromatic carbocycles. The molecule has 0 aliphatic heterocycles. The van der Waals surface area contributed by atoms with Crippen molar-refractivity contribution in [2.24, 2.45) is 0 Å². The third-order valence-electron chi connectivity index (χ3n) is 0. The van der Waals surface area contributed by atoms with E-state index in [1.165, 1.54) is 0 Å². The van der Waals surface area contributed by atoms with E-state index in [-0.39, 0.29) is 66.3 Å². The van der Waals surface area contributed by atoms with Crippen molar-refractivity contribution in [3.05, 3.63) is 0 Å². The largest absolute Gasteiger partial charge is 0.316 e. The number of hydrogen-bond donors (Lipinski definition) is 0. The fraction of sp³-hybridized carbons (Fsp3) is 0. The summed E-state index contributed by atoms with van der Waals surface area (Å²) in [6.45, 7) is 0. The molecule has 0 amide bonds. The predicted molar refractivity (Wildman–Crippen MR) is 34.9 cm³/mol. The topological polar surface area (TPSA) is 94.7 Å². The first-order valence-electron chi connectivity index (χ1n) is 0.990. The van der Waals surface area contributed by atoms with E-state index in [1.807, 2.05) is 0 Å². The Morgan fingerprint density at radius 3 is 1.33 bits per heavy atom. The van der Waals surface area contributed by atoms with E-state index in [1.54, 1.807) is 0 Å². The molecule has 0 spiro atoms. The minimum atomic E-state index is -2.33. The maximum Gasteiger partial charge on any atom is 0.316 e. The third-order valence-corrected chi connectivity index (χ3v) is 0. The van der Waals surface area contributed by atoms with Crippen LogP contribution < -0.4 is 10.2 Å². The Kier molecular flexibility index (Phi) is 99.5. The zero-order chi connectivity index (χ0) is 5.58. The van der Waals surface area contributed by atoms with Crippen LogP contribution in [0, 0.1) is 0 Å². The van der Waals surface area contributed by atoms with E-state index in [4.69, 9.17) is 18.8 Å². The van der Waals surface area contributed by atoms with Crippen LogP contribution in [-0.2, 0) is 0 Å². The first-order chi connectivity index (χ1) is 2.73. The smallest absolute Gasteiger partial charge is 0.316 e. The molecule has 9 heavy (non-hydrogen) atoms. The second-order valence-corrected chi connectivity index (χ2v) is 0.250. The van der Waals surface area contributed by atoms with Gasteiger partial charge in [-0.05, 0) is 6.16 Å². The fourth-order valence-corrected chi connectivity index (χ4v) is 0. The maximum absolute atomic E-state index is 8.33. The Balaban J connectivity index is -0.00000000990. The summed E-state index contributed by atoms with van der Waals surface area (Å²) in [5.41, 5.74) is 0. The monoisotopic (exact) mass is 218 g/mol. The molecule has 0 saturated heterocycles. The summed E-state index contributed by atoms with van der Waals surface area (Å²) in [7, 11) is 0. The summed E-state index contributed by atoms with van der Waals surface area (Å²) in [6, 6.07) is 0. The summed E-state index contributed by atoms with van der Waals surface area (Å²) >= 11 is 0.535. The molecule has 0 aliphatic rings. The fourth-order valence-electron chi connectivity index (χ4n) is 0. The zero-order valence-corrected chi connectivity index (χ0v) is 10.4. The summed E-state index contributed by atoms with van der Waals surface area (Å²) < 4.78 is 4.83. The van der Waals surface area contributed by atoms with Gasteiger partial charge in [-0.25, -0.2) is 0 Å². The average Bonchev–Trinajstić information content (AvgIpc) is 1.41. The molecule has 4 nitrogen and oxygen atoms in total. The summed E-state index contributed by atoms with van der Waals surface area (Å²) in [4.78, 5) is 8.33. The zero-order valence-electron chi connectivity index (χ0n) is 4.31. The molecule has 0 heterocycles. The van der Waals surface area contributed by atoms with Crippen molar-refractivity contribution in [1.29, 1.82) is 0 Å². The summed E-state index contributed by atoms with van der Waals surface area (Å²) in [5.74, 6) is 0. The van der Waals surface area contributed by atoms with E-state index in [0.717, 1.165) is 0 Å². The SMILES string of the molecule is O.O=C([O-])[O-].[Ca+2].[Cl][K].[MgH2]. The second kappa shape index (κ2) is 30.3. The molecule has 0 atom stereocenters. The van der Waals surface area contributed by atoms with Crippen molar-refractivity contribution in [1.82, 2.24) is 0 Å². The van der Waals surface area contributed by atoms with Crippen LogP contribution >= 0.6 is 3.76 Å². The van der Waals surface area contributed by atoms with Gasteiger partial charge < -0.3 is 20.5 Å². The molecule has 0 radical (unpaired) electrons. The molecule has 0 aliphatic carbocycles. The Morgan fingerprint density at radius 1 is 1.33 bits per heavy atom. The molecule has 0 bridgehead atoms. The molecule has 44 valence electrons. The molecule has 2 N–H and O–H groups in total. The average molecular weight is 219 g/mol. The van der Waals surface area contributed by atoms with Crippen LogP contribution in [0.5, 0.6) is 0 Å². The van der Waals surface area contributed by atoms with Crippen molar-refractivity contribution >= 4 is 118 Å². The molecule has 0 saturated carbocycles. The molecule has 0 aromatic rings. The molecule has 0 fully saturated rings. The number of carbonyl (C=O) groups excluding carboxylic acids is 1. The second-order valence-electron chi connectivity index (χ2n) is 0.250. The van der Waals surface area contributed by atoms with Crippen molar-refractivity contribution in [2.45, 2.75) is 0 Å². The molecular weight excluding hydrogens is 215 g/mol. The van der Waals surface area contributed by atoms with Gasteiger partial charge in [-0.1, -0.05) is 0 Å². The Hall–Kier alpha value is 3.18. The van der Waals surface area contributed by atoms with Gasteiger partial charge in [0.25, 0.3) is 0 Å². The third kappa shape index (κ3) is 93.1. The Bertz CT molecular complexity index is 43.5. The van der Waals surface area contributed by atoms with Crippen molar-refractivity contribution in [3.8, 4) is 0 Å². The molecule has 0 rings (SSSR count). The maximum atomic E-state index is 8.33. The number of rotatable bonds is 0. The van der Waals surface area contributed by atoms with Crippen LogP contribution in [0.1, 0.15) is 0 Å². The van der Waals surface area contributed by atoms with Gasteiger partial charge >= 0.3 is 112 Å². The first kappa shape index (κ1) is 29.5. The van der Waals surface area contributed by atoms with Crippen LogP contribution in [0.2, 0.25) is 0 Å². The van der Waals surface area contributed by atoms with Gasteiger partial charge in [-0.15, -0.1) is 0 Å². The van der Waals surface area contributed by atoms with E-state index >= 15 is 0 Å². The molecule has 8 heteroatoms. The number of carbonyl (C=O) groups is 1. The summed E-state index contributed by atoms with van der Waals surface area (Å²) in [5, 5.41) is 16.7. The van der Waals surface area contributed by atoms with Gasteiger partial charge in [0.1, 0.15) is 0 Å². The van der Waals surface area contributed by atoms with Crippen LogP contribution in [0.3, 0.4) is 0 Å². The van der Waals surface area contributed by atoms with E-state index < -0.39 is 6.16 Å². The first-order valence-corrected chi connectivity index (χ1v) is 5.29. The van der Waals surface area contributed by atoms with E-state index in [0.29, 0.717) is 47.1 Å². The van der Waals surface area contributed by atoms with Crippen LogP contribution in [0.15, 0.2) is 0 Å². The quantitative estimate of drug-likeness (QED) is 0.386. The van der Waals surface area contributed by atoms with Crippen LogP contribution in [-0.4, -0.2) is 120 Å². The number of carboxylic acid groups (broad SMARTS) is 2. The van der Waals surface area contributed by atoms with Crippen molar-refractivity contribution in [2.75, 3.05) is 0 Å². The number of hydrogen-bond acceptors (Lipinski definition) is 3. The Labute approximate surface area is 135 Å². The minimum Gasteiger partial charge on any atom is 0.316 e. The number of halogens is 1. The normalized spacial score (nSPS) is 3.44. The summed E-state index contributed by atoms with van der Waals surface area (Å²) in [6.07, 6.45) is -2.33. The standard InChI is InChI=1S/CH2O3.Ca.ClH.K.Mg.H2O.2H/c2-1(3)4;;;;;;;/h(H2,2,3,4);;1H;;;1H2;;/q;+2;;+1;;;;/p-3. The van der Waals surface area contributed by atoms with E-state index in [2.05, 4.69) is 0 Å². The van der Waals surface area contributed by atoms with Crippen LogP contribution in [0.25, 0.3) is 0 Å². The van der Waals surface area contributed by atoms with Gasteiger partial charge in [0.05, 0.1) is 0 Å². The van der Waals surface area contributed by atoms with E-state index in [9.17, 15) is 0 Å². The van der Waals surface area contributed by atoms with Gasteiger partial charge in [0, 0.05) is 0 Å². The van der Waals surface area contributed by atoms with Gasteiger partial charge in [0.2, 0.25) is 0 Å². The molecule has 0 aromatic heterocycles. The van der Waals surface area contributed by atoms with Crippen LogP contribution in [0.4, 0.5) is 4.79 Å².